The fraction of sp³-hybridized carbons (Fsp3) is 0.533. The van der Waals surface area contributed by atoms with Gasteiger partial charge in [0.05, 0.1) is 0 Å². The predicted octanol–water partition coefficient (Wildman–Crippen LogP) is 3.09. The zero-order valence-electron chi connectivity index (χ0n) is 11.2. The van der Waals surface area contributed by atoms with Gasteiger partial charge >= 0.3 is 0 Å². The largest absolute Gasteiger partial charge is 0.385 e. The minimum absolute atomic E-state index is 0.0794. The Morgan fingerprint density at radius 3 is 2.35 bits per heavy atom. The van der Waals surface area contributed by atoms with Gasteiger partial charge in [0.2, 0.25) is 0 Å². The summed E-state index contributed by atoms with van der Waals surface area (Å²) in [5, 5.41) is 0. The van der Waals surface area contributed by atoms with Gasteiger partial charge in [-0.15, -0.1) is 0 Å². The molecule has 1 rings (SSSR count). The molecule has 0 fully saturated rings. The third kappa shape index (κ3) is 4.70. The molecular formula is C15H22O2. The Morgan fingerprint density at radius 1 is 1.24 bits per heavy atom. The van der Waals surface area contributed by atoms with Gasteiger partial charge in [0.15, 0.2) is 0 Å². The van der Waals surface area contributed by atoms with E-state index in [4.69, 9.17) is 4.74 Å². The van der Waals surface area contributed by atoms with Crippen LogP contribution in [0.3, 0.4) is 0 Å². The maximum Gasteiger partial charge on any atom is 0.140 e. The van der Waals surface area contributed by atoms with E-state index in [-0.39, 0.29) is 5.92 Å². The normalized spacial score (nSPS) is 12.5. The highest BCUT2D eigenvalue weighted by Crippen LogP contribution is 2.13. The number of ketones is 1. The summed E-state index contributed by atoms with van der Waals surface area (Å²) in [7, 11) is 1.67. The number of rotatable bonds is 6. The molecule has 0 N–H and O–H groups in total. The maximum absolute atomic E-state index is 12.0. The van der Waals surface area contributed by atoms with Crippen LogP contribution in [0.1, 0.15) is 30.0 Å². The number of aryl methyl sites for hydroxylation is 2. The van der Waals surface area contributed by atoms with Gasteiger partial charge < -0.3 is 4.74 Å². The van der Waals surface area contributed by atoms with Gasteiger partial charge in [-0.3, -0.25) is 4.79 Å². The van der Waals surface area contributed by atoms with Crippen LogP contribution in [0.4, 0.5) is 0 Å². The van der Waals surface area contributed by atoms with Crippen molar-refractivity contribution in [2.24, 2.45) is 5.92 Å². The summed E-state index contributed by atoms with van der Waals surface area (Å²) in [6, 6.07) is 6.31. The van der Waals surface area contributed by atoms with E-state index in [1.165, 1.54) is 11.1 Å². The molecule has 0 bridgehead atoms. The number of benzene rings is 1. The molecule has 0 radical (unpaired) electrons. The fourth-order valence-electron chi connectivity index (χ4n) is 2.00. The van der Waals surface area contributed by atoms with E-state index in [0.29, 0.717) is 18.8 Å². The Hall–Kier alpha value is -1.15. The maximum atomic E-state index is 12.0. The van der Waals surface area contributed by atoms with Crippen molar-refractivity contribution in [2.45, 2.75) is 33.6 Å². The second-order valence-electron chi connectivity index (χ2n) is 4.82. The lowest BCUT2D eigenvalue weighted by molar-refractivity contribution is -0.122. The molecule has 94 valence electrons. The van der Waals surface area contributed by atoms with Crippen LogP contribution in [0.25, 0.3) is 0 Å². The molecule has 1 atom stereocenters. The molecule has 0 aliphatic carbocycles. The molecule has 1 aromatic rings. The van der Waals surface area contributed by atoms with Gasteiger partial charge in [0, 0.05) is 26.1 Å². The Morgan fingerprint density at radius 2 is 1.82 bits per heavy atom. The quantitative estimate of drug-likeness (QED) is 0.756. The first kappa shape index (κ1) is 13.9. The lowest BCUT2D eigenvalue weighted by Gasteiger charge is -2.10. The summed E-state index contributed by atoms with van der Waals surface area (Å²) in [6.07, 6.45) is 1.34. The van der Waals surface area contributed by atoms with Crippen LogP contribution < -0.4 is 0 Å². The van der Waals surface area contributed by atoms with Gasteiger partial charge in [-0.05, 0) is 25.8 Å². The highest BCUT2D eigenvalue weighted by atomic mass is 16.5. The van der Waals surface area contributed by atoms with Crippen molar-refractivity contribution < 1.29 is 9.53 Å². The zero-order valence-corrected chi connectivity index (χ0v) is 11.2. The van der Waals surface area contributed by atoms with Gasteiger partial charge in [-0.2, -0.15) is 0 Å². The Bertz CT molecular complexity index is 362. The average molecular weight is 234 g/mol. The molecule has 0 heterocycles. The van der Waals surface area contributed by atoms with Gasteiger partial charge in [-0.1, -0.05) is 36.2 Å². The van der Waals surface area contributed by atoms with E-state index in [2.05, 4.69) is 32.0 Å². The topological polar surface area (TPSA) is 26.3 Å². The van der Waals surface area contributed by atoms with Crippen molar-refractivity contribution in [2.75, 3.05) is 13.7 Å². The lowest BCUT2D eigenvalue weighted by atomic mass is 9.95. The molecular weight excluding hydrogens is 212 g/mol. The SMILES string of the molecule is COCCC(C)C(=O)Cc1cc(C)cc(C)c1. The summed E-state index contributed by atoms with van der Waals surface area (Å²) in [6.45, 7) is 6.76. The fourth-order valence-corrected chi connectivity index (χ4v) is 2.00. The first-order valence-corrected chi connectivity index (χ1v) is 6.11. The average Bonchev–Trinajstić information content (AvgIpc) is 2.24. The second kappa shape index (κ2) is 6.55. The Balaban J connectivity index is 2.61. The third-order valence-corrected chi connectivity index (χ3v) is 2.96. The van der Waals surface area contributed by atoms with Crippen LogP contribution in [0, 0.1) is 19.8 Å². The smallest absolute Gasteiger partial charge is 0.140 e. The molecule has 0 saturated heterocycles. The number of carbonyl (C=O) groups is 1. The van der Waals surface area contributed by atoms with Crippen molar-refractivity contribution in [1.82, 2.24) is 0 Å². The van der Waals surface area contributed by atoms with Gasteiger partial charge in [-0.25, -0.2) is 0 Å². The van der Waals surface area contributed by atoms with E-state index in [1.807, 2.05) is 6.92 Å². The van der Waals surface area contributed by atoms with Crippen molar-refractivity contribution >= 4 is 5.78 Å². The molecule has 1 aromatic carbocycles. The van der Waals surface area contributed by atoms with E-state index in [0.717, 1.165) is 12.0 Å². The highest BCUT2D eigenvalue weighted by molar-refractivity contribution is 5.83. The van der Waals surface area contributed by atoms with E-state index in [9.17, 15) is 4.79 Å². The van der Waals surface area contributed by atoms with Crippen molar-refractivity contribution in [3.63, 3.8) is 0 Å². The minimum atomic E-state index is 0.0794. The van der Waals surface area contributed by atoms with E-state index >= 15 is 0 Å². The Labute approximate surface area is 104 Å². The number of hydrogen-bond donors (Lipinski definition) is 0. The predicted molar refractivity (Wildman–Crippen MR) is 70.3 cm³/mol. The van der Waals surface area contributed by atoms with Gasteiger partial charge in [0.1, 0.15) is 5.78 Å². The lowest BCUT2D eigenvalue weighted by Crippen LogP contribution is -2.15. The van der Waals surface area contributed by atoms with E-state index < -0.39 is 0 Å². The third-order valence-electron chi connectivity index (χ3n) is 2.96. The van der Waals surface area contributed by atoms with Crippen LogP contribution in [0.15, 0.2) is 18.2 Å². The van der Waals surface area contributed by atoms with Gasteiger partial charge in [0.25, 0.3) is 0 Å². The van der Waals surface area contributed by atoms with Crippen molar-refractivity contribution in [3.8, 4) is 0 Å². The molecule has 2 nitrogen and oxygen atoms in total. The minimum Gasteiger partial charge on any atom is -0.385 e. The number of ether oxygens (including phenoxy) is 1. The molecule has 0 aromatic heterocycles. The second-order valence-corrected chi connectivity index (χ2v) is 4.82. The summed E-state index contributed by atoms with van der Waals surface area (Å²) < 4.78 is 5.00. The summed E-state index contributed by atoms with van der Waals surface area (Å²) >= 11 is 0. The van der Waals surface area contributed by atoms with Crippen LogP contribution in [0.2, 0.25) is 0 Å². The molecule has 17 heavy (non-hydrogen) atoms. The summed E-state index contributed by atoms with van der Waals surface area (Å²) in [5.41, 5.74) is 3.56. The standard InChI is InChI=1S/C15H22O2/c1-11-7-12(2)9-14(8-11)10-15(16)13(3)5-6-17-4/h7-9,13H,5-6,10H2,1-4H3. The molecule has 0 aliphatic rings. The van der Waals surface area contributed by atoms with Crippen LogP contribution in [0.5, 0.6) is 0 Å². The zero-order chi connectivity index (χ0) is 12.8. The first-order chi connectivity index (χ1) is 8.02. The highest BCUT2D eigenvalue weighted by Gasteiger charge is 2.13. The number of methoxy groups -OCH3 is 1. The van der Waals surface area contributed by atoms with Crippen molar-refractivity contribution in [1.29, 1.82) is 0 Å². The van der Waals surface area contributed by atoms with Crippen LogP contribution in [-0.4, -0.2) is 19.5 Å². The molecule has 2 heteroatoms. The molecule has 0 amide bonds. The monoisotopic (exact) mass is 234 g/mol. The first-order valence-electron chi connectivity index (χ1n) is 6.11. The number of hydrogen-bond acceptors (Lipinski definition) is 2. The molecule has 0 saturated carbocycles. The summed E-state index contributed by atoms with van der Waals surface area (Å²) in [4.78, 5) is 12.0. The van der Waals surface area contributed by atoms with Crippen LogP contribution in [-0.2, 0) is 16.0 Å². The van der Waals surface area contributed by atoms with Crippen LogP contribution >= 0.6 is 0 Å². The summed E-state index contributed by atoms with van der Waals surface area (Å²) in [5.74, 6) is 0.378. The van der Waals surface area contributed by atoms with Crippen molar-refractivity contribution in [3.05, 3.63) is 34.9 Å². The van der Waals surface area contributed by atoms with E-state index in [1.54, 1.807) is 7.11 Å². The number of carbonyl (C=O) groups excluding carboxylic acids is 1. The molecule has 0 spiro atoms. The Kier molecular flexibility index (Phi) is 5.36. The number of Topliss-reactive ketones (excluding diaryl/α,β-unsaturated/α-hetero) is 1. The molecule has 0 aliphatic heterocycles. The molecule has 1 unspecified atom stereocenters.